The summed E-state index contributed by atoms with van der Waals surface area (Å²) in [4.78, 5) is 19.7. The van der Waals surface area contributed by atoms with Gasteiger partial charge in [0, 0.05) is 23.0 Å². The van der Waals surface area contributed by atoms with Gasteiger partial charge in [-0.15, -0.1) is 0 Å². The number of hydrogen-bond acceptors (Lipinski definition) is 5. The Hall–Kier alpha value is -3.70. The SMILES string of the molecule is CC(C)(C)c1cc(/C=C/c2ccc(NS(C)(=O)=O)cc2)c(C#N)c(-c2ccc[nH]c2=O)n1. The number of anilines is 1. The van der Waals surface area contributed by atoms with E-state index in [2.05, 4.69) is 20.8 Å². The molecule has 0 fully saturated rings. The smallest absolute Gasteiger partial charge is 0.257 e. The normalized spacial score (nSPS) is 12.0. The van der Waals surface area contributed by atoms with Crippen LogP contribution in [-0.4, -0.2) is 24.6 Å². The maximum atomic E-state index is 12.4. The number of pyridine rings is 2. The largest absolute Gasteiger partial charge is 0.329 e. The van der Waals surface area contributed by atoms with E-state index in [0.717, 1.165) is 17.5 Å². The molecule has 0 aliphatic heterocycles. The molecule has 0 atom stereocenters. The van der Waals surface area contributed by atoms with Gasteiger partial charge in [0.15, 0.2) is 0 Å². The number of nitriles is 1. The standard InChI is InChI=1S/C24H24N4O3S/c1-24(2,3)21-14-17(10-7-16-8-11-18(12-9-16)28-32(4,30)31)20(15-25)22(27-21)19-6-5-13-26-23(19)29/h5-14,28H,1-4H3,(H,26,29)/b10-7+. The van der Waals surface area contributed by atoms with Crippen LogP contribution in [0.25, 0.3) is 23.4 Å². The van der Waals surface area contributed by atoms with Gasteiger partial charge in [0.1, 0.15) is 6.07 Å². The van der Waals surface area contributed by atoms with Crippen LogP contribution in [0.4, 0.5) is 5.69 Å². The first-order valence-corrected chi connectivity index (χ1v) is 11.8. The number of rotatable bonds is 5. The van der Waals surface area contributed by atoms with Crippen molar-refractivity contribution in [2.75, 3.05) is 11.0 Å². The summed E-state index contributed by atoms with van der Waals surface area (Å²) < 4.78 is 25.2. The van der Waals surface area contributed by atoms with Gasteiger partial charge in [-0.1, -0.05) is 45.1 Å². The fourth-order valence-electron chi connectivity index (χ4n) is 3.06. The van der Waals surface area contributed by atoms with E-state index >= 15 is 0 Å². The number of aromatic nitrogens is 2. The summed E-state index contributed by atoms with van der Waals surface area (Å²) in [7, 11) is -3.35. The number of aromatic amines is 1. The summed E-state index contributed by atoms with van der Waals surface area (Å²) in [6.45, 7) is 6.05. The molecule has 0 aliphatic rings. The predicted molar refractivity (Wildman–Crippen MR) is 128 cm³/mol. The minimum atomic E-state index is -3.35. The lowest BCUT2D eigenvalue weighted by Crippen LogP contribution is -2.17. The van der Waals surface area contributed by atoms with Crippen LogP contribution in [-0.2, 0) is 15.4 Å². The lowest BCUT2D eigenvalue weighted by molar-refractivity contribution is 0.569. The average molecular weight is 449 g/mol. The van der Waals surface area contributed by atoms with Crippen molar-refractivity contribution in [3.8, 4) is 17.3 Å². The molecule has 7 nitrogen and oxygen atoms in total. The monoisotopic (exact) mass is 448 g/mol. The van der Waals surface area contributed by atoms with E-state index in [4.69, 9.17) is 0 Å². The molecule has 2 N–H and O–H groups in total. The van der Waals surface area contributed by atoms with Crippen molar-refractivity contribution in [1.82, 2.24) is 9.97 Å². The Bertz CT molecular complexity index is 1370. The fourth-order valence-corrected chi connectivity index (χ4v) is 3.63. The summed E-state index contributed by atoms with van der Waals surface area (Å²) in [5.74, 6) is 0. The van der Waals surface area contributed by atoms with Gasteiger partial charge >= 0.3 is 0 Å². The quantitative estimate of drug-likeness (QED) is 0.608. The highest BCUT2D eigenvalue weighted by Crippen LogP contribution is 2.29. The minimum absolute atomic E-state index is 0.300. The summed E-state index contributed by atoms with van der Waals surface area (Å²) in [5.41, 5.74) is 3.05. The molecule has 2 aromatic heterocycles. The summed E-state index contributed by atoms with van der Waals surface area (Å²) in [6.07, 6.45) is 6.26. The van der Waals surface area contributed by atoms with E-state index in [0.29, 0.717) is 28.1 Å². The summed E-state index contributed by atoms with van der Waals surface area (Å²) >= 11 is 0. The highest BCUT2D eigenvalue weighted by molar-refractivity contribution is 7.92. The molecule has 1 aromatic carbocycles. The molecule has 0 spiro atoms. The van der Waals surface area contributed by atoms with Crippen molar-refractivity contribution in [2.45, 2.75) is 26.2 Å². The Morgan fingerprint density at radius 2 is 1.81 bits per heavy atom. The summed E-state index contributed by atoms with van der Waals surface area (Å²) in [6, 6.07) is 14.3. The van der Waals surface area contributed by atoms with Gasteiger partial charge in [0.2, 0.25) is 10.0 Å². The molecule has 0 saturated heterocycles. The number of H-pyrrole nitrogens is 1. The Morgan fingerprint density at radius 3 is 2.38 bits per heavy atom. The molecular formula is C24H24N4O3S. The number of sulfonamides is 1. The third kappa shape index (κ3) is 5.50. The average Bonchev–Trinajstić information content (AvgIpc) is 2.71. The zero-order chi connectivity index (χ0) is 23.5. The van der Waals surface area contributed by atoms with E-state index in [-0.39, 0.29) is 11.0 Å². The molecule has 0 amide bonds. The Morgan fingerprint density at radius 1 is 1.12 bits per heavy atom. The van der Waals surface area contributed by atoms with Crippen LogP contribution in [0.2, 0.25) is 0 Å². The second-order valence-corrected chi connectivity index (χ2v) is 10.2. The van der Waals surface area contributed by atoms with Gasteiger partial charge < -0.3 is 4.98 Å². The molecular weight excluding hydrogens is 424 g/mol. The van der Waals surface area contributed by atoms with Crippen LogP contribution in [0.5, 0.6) is 0 Å². The van der Waals surface area contributed by atoms with E-state index in [9.17, 15) is 18.5 Å². The molecule has 32 heavy (non-hydrogen) atoms. The molecule has 0 unspecified atom stereocenters. The fraction of sp³-hybridized carbons (Fsp3) is 0.208. The van der Waals surface area contributed by atoms with E-state index < -0.39 is 10.0 Å². The first-order chi connectivity index (χ1) is 15.0. The maximum Gasteiger partial charge on any atom is 0.257 e. The van der Waals surface area contributed by atoms with Gasteiger partial charge in [0.05, 0.1) is 23.1 Å². The van der Waals surface area contributed by atoms with Crippen molar-refractivity contribution in [3.63, 3.8) is 0 Å². The van der Waals surface area contributed by atoms with Gasteiger partial charge in [-0.05, 0) is 41.5 Å². The number of hydrogen-bond donors (Lipinski definition) is 2. The van der Waals surface area contributed by atoms with E-state index in [1.54, 1.807) is 42.5 Å². The highest BCUT2D eigenvalue weighted by atomic mass is 32.2. The van der Waals surface area contributed by atoms with Gasteiger partial charge in [0.25, 0.3) is 5.56 Å². The zero-order valence-corrected chi connectivity index (χ0v) is 19.1. The van der Waals surface area contributed by atoms with Crippen LogP contribution in [0.15, 0.2) is 53.5 Å². The molecule has 164 valence electrons. The first-order valence-electron chi connectivity index (χ1n) is 9.87. The predicted octanol–water partition coefficient (Wildman–Crippen LogP) is 4.15. The van der Waals surface area contributed by atoms with Crippen molar-refractivity contribution in [2.24, 2.45) is 0 Å². The van der Waals surface area contributed by atoms with Crippen molar-refractivity contribution < 1.29 is 8.42 Å². The molecule has 3 aromatic rings. The first kappa shape index (κ1) is 23.0. The van der Waals surface area contributed by atoms with Crippen molar-refractivity contribution in [1.29, 1.82) is 5.26 Å². The lowest BCUT2D eigenvalue weighted by atomic mass is 9.88. The highest BCUT2D eigenvalue weighted by Gasteiger charge is 2.21. The number of nitrogens with zero attached hydrogens (tertiary/aromatic N) is 2. The second-order valence-electron chi connectivity index (χ2n) is 8.42. The third-order valence-corrected chi connectivity index (χ3v) is 5.28. The Kier molecular flexibility index (Phi) is 6.32. The van der Waals surface area contributed by atoms with Crippen LogP contribution < -0.4 is 10.3 Å². The molecule has 0 aliphatic carbocycles. The van der Waals surface area contributed by atoms with Crippen molar-refractivity contribution in [3.05, 3.63) is 81.4 Å². The maximum absolute atomic E-state index is 12.4. The molecule has 0 radical (unpaired) electrons. The zero-order valence-electron chi connectivity index (χ0n) is 18.3. The second kappa shape index (κ2) is 8.81. The molecule has 8 heteroatoms. The Labute approximate surface area is 187 Å². The minimum Gasteiger partial charge on any atom is -0.329 e. The van der Waals surface area contributed by atoms with Crippen molar-refractivity contribution >= 4 is 27.9 Å². The number of benzene rings is 1. The topological polar surface area (TPSA) is 116 Å². The van der Waals surface area contributed by atoms with Crippen LogP contribution in [0.1, 0.15) is 43.2 Å². The Balaban J connectivity index is 2.10. The van der Waals surface area contributed by atoms with Gasteiger partial charge in [-0.25, -0.2) is 8.42 Å². The molecule has 0 bridgehead atoms. The van der Waals surface area contributed by atoms with Crippen LogP contribution in [0, 0.1) is 11.3 Å². The van der Waals surface area contributed by atoms with Crippen LogP contribution in [0.3, 0.4) is 0 Å². The van der Waals surface area contributed by atoms with Gasteiger partial charge in [-0.2, -0.15) is 5.26 Å². The third-order valence-electron chi connectivity index (χ3n) is 4.67. The molecule has 2 heterocycles. The van der Waals surface area contributed by atoms with Crippen LogP contribution >= 0.6 is 0 Å². The number of nitrogens with one attached hydrogen (secondary N) is 2. The molecule has 3 rings (SSSR count). The van der Waals surface area contributed by atoms with E-state index in [1.165, 1.54) is 6.20 Å². The molecule has 0 saturated carbocycles. The van der Waals surface area contributed by atoms with Gasteiger partial charge in [-0.3, -0.25) is 14.5 Å². The van der Waals surface area contributed by atoms with E-state index in [1.807, 2.05) is 32.9 Å². The summed E-state index contributed by atoms with van der Waals surface area (Å²) in [5, 5.41) is 9.89. The lowest BCUT2D eigenvalue weighted by Gasteiger charge is -2.20.